The average Bonchev–Trinajstić information content (AvgIpc) is 2.98. The van der Waals surface area contributed by atoms with Crippen LogP contribution in [0.25, 0.3) is 5.57 Å². The standard InChI is InChI=1S/C28H28N2O3/c1-17(2)33-24-12-10-22(11-13-24)29-26-25(21-8-6-18(3)7-9-21)27(31)30(28(26)32)23-15-19(4)14-20(5)16-23/h6-17,29H,1-5H3. The van der Waals surface area contributed by atoms with Gasteiger partial charge in [-0.05, 0) is 87.7 Å². The first-order chi connectivity index (χ1) is 15.7. The van der Waals surface area contributed by atoms with Gasteiger partial charge in [0, 0.05) is 5.69 Å². The fourth-order valence-corrected chi connectivity index (χ4v) is 3.98. The highest BCUT2D eigenvalue weighted by Crippen LogP contribution is 2.35. The number of hydrogen-bond donors (Lipinski definition) is 1. The van der Waals surface area contributed by atoms with E-state index in [2.05, 4.69) is 5.32 Å². The first-order valence-electron chi connectivity index (χ1n) is 11.0. The highest BCUT2D eigenvalue weighted by Gasteiger charge is 2.40. The second-order valence-corrected chi connectivity index (χ2v) is 8.72. The average molecular weight is 441 g/mol. The van der Waals surface area contributed by atoms with Gasteiger partial charge >= 0.3 is 0 Å². The maximum Gasteiger partial charge on any atom is 0.282 e. The van der Waals surface area contributed by atoms with Gasteiger partial charge in [0.15, 0.2) is 0 Å². The van der Waals surface area contributed by atoms with E-state index >= 15 is 0 Å². The molecule has 33 heavy (non-hydrogen) atoms. The molecule has 0 saturated carbocycles. The number of ether oxygens (including phenoxy) is 1. The molecular formula is C28H28N2O3. The van der Waals surface area contributed by atoms with Gasteiger partial charge in [0.1, 0.15) is 11.4 Å². The molecule has 168 valence electrons. The third kappa shape index (κ3) is 4.67. The Morgan fingerprint density at radius 3 is 1.94 bits per heavy atom. The Hall–Kier alpha value is -3.86. The Morgan fingerprint density at radius 1 is 0.758 bits per heavy atom. The van der Waals surface area contributed by atoms with Crippen molar-refractivity contribution in [2.75, 3.05) is 10.2 Å². The molecule has 2 amide bonds. The van der Waals surface area contributed by atoms with Crippen LogP contribution >= 0.6 is 0 Å². The molecule has 1 aliphatic heterocycles. The van der Waals surface area contributed by atoms with E-state index in [0.717, 1.165) is 22.4 Å². The van der Waals surface area contributed by atoms with Gasteiger partial charge < -0.3 is 10.1 Å². The van der Waals surface area contributed by atoms with Gasteiger partial charge in [-0.2, -0.15) is 0 Å². The monoisotopic (exact) mass is 440 g/mol. The number of carbonyl (C=O) groups is 2. The summed E-state index contributed by atoms with van der Waals surface area (Å²) in [5.74, 6) is 0.0353. The summed E-state index contributed by atoms with van der Waals surface area (Å²) < 4.78 is 5.71. The molecule has 0 bridgehead atoms. The molecule has 4 rings (SSSR count). The zero-order valence-corrected chi connectivity index (χ0v) is 19.6. The Balaban J connectivity index is 1.76. The zero-order valence-electron chi connectivity index (χ0n) is 19.6. The Labute approximate surface area is 194 Å². The van der Waals surface area contributed by atoms with Crippen molar-refractivity contribution in [2.24, 2.45) is 0 Å². The molecule has 0 radical (unpaired) electrons. The summed E-state index contributed by atoms with van der Waals surface area (Å²) in [5.41, 5.74) is 5.67. The molecule has 0 aliphatic carbocycles. The van der Waals surface area contributed by atoms with Crippen LogP contribution in [-0.4, -0.2) is 17.9 Å². The minimum absolute atomic E-state index is 0.0695. The molecule has 1 N–H and O–H groups in total. The summed E-state index contributed by atoms with van der Waals surface area (Å²) in [6.07, 6.45) is 0.0695. The topological polar surface area (TPSA) is 58.6 Å². The van der Waals surface area contributed by atoms with Gasteiger partial charge in [-0.15, -0.1) is 0 Å². The van der Waals surface area contributed by atoms with Crippen LogP contribution in [0.15, 0.2) is 72.4 Å². The van der Waals surface area contributed by atoms with Crippen LogP contribution in [0.5, 0.6) is 5.75 Å². The summed E-state index contributed by atoms with van der Waals surface area (Å²) >= 11 is 0. The minimum atomic E-state index is -0.372. The van der Waals surface area contributed by atoms with Crippen molar-refractivity contribution in [2.45, 2.75) is 40.7 Å². The summed E-state index contributed by atoms with van der Waals surface area (Å²) in [4.78, 5) is 28.4. The van der Waals surface area contributed by atoms with E-state index in [0.29, 0.717) is 22.5 Å². The summed E-state index contributed by atoms with van der Waals surface area (Å²) in [5, 5.41) is 3.21. The van der Waals surface area contributed by atoms with Gasteiger partial charge in [-0.1, -0.05) is 35.9 Å². The lowest BCUT2D eigenvalue weighted by molar-refractivity contribution is -0.120. The molecule has 1 heterocycles. The van der Waals surface area contributed by atoms with Crippen LogP contribution in [-0.2, 0) is 9.59 Å². The van der Waals surface area contributed by atoms with Crippen LogP contribution in [0.1, 0.15) is 36.1 Å². The maximum atomic E-state index is 13.6. The van der Waals surface area contributed by atoms with Gasteiger partial charge in [0.2, 0.25) is 0 Å². The van der Waals surface area contributed by atoms with E-state index in [9.17, 15) is 9.59 Å². The van der Waals surface area contributed by atoms with Crippen LogP contribution in [0.2, 0.25) is 0 Å². The van der Waals surface area contributed by atoms with Crippen molar-refractivity contribution < 1.29 is 14.3 Å². The van der Waals surface area contributed by atoms with Gasteiger partial charge in [0.05, 0.1) is 17.4 Å². The second kappa shape index (κ2) is 8.94. The van der Waals surface area contributed by atoms with Crippen LogP contribution in [0.3, 0.4) is 0 Å². The number of anilines is 2. The van der Waals surface area contributed by atoms with Gasteiger partial charge in [0.25, 0.3) is 11.8 Å². The lowest BCUT2D eigenvalue weighted by Crippen LogP contribution is -2.32. The normalized spacial score (nSPS) is 13.8. The summed E-state index contributed by atoms with van der Waals surface area (Å²) in [7, 11) is 0. The van der Waals surface area contributed by atoms with E-state index in [4.69, 9.17) is 4.74 Å². The van der Waals surface area contributed by atoms with Crippen molar-refractivity contribution in [1.29, 1.82) is 0 Å². The lowest BCUT2D eigenvalue weighted by Gasteiger charge is -2.17. The van der Waals surface area contributed by atoms with Crippen molar-refractivity contribution >= 4 is 28.8 Å². The van der Waals surface area contributed by atoms with Crippen molar-refractivity contribution in [3.05, 3.63) is 94.7 Å². The largest absolute Gasteiger partial charge is 0.491 e. The molecule has 0 fully saturated rings. The first-order valence-corrected chi connectivity index (χ1v) is 11.0. The highest BCUT2D eigenvalue weighted by molar-refractivity contribution is 6.46. The maximum absolute atomic E-state index is 13.6. The van der Waals surface area contributed by atoms with Gasteiger partial charge in [-0.25, -0.2) is 4.90 Å². The molecule has 5 nitrogen and oxygen atoms in total. The highest BCUT2D eigenvalue weighted by atomic mass is 16.5. The fraction of sp³-hybridized carbons (Fsp3) is 0.214. The van der Waals surface area contributed by atoms with Crippen LogP contribution < -0.4 is 15.0 Å². The molecule has 0 unspecified atom stereocenters. The molecule has 0 spiro atoms. The predicted octanol–water partition coefficient (Wildman–Crippen LogP) is 5.80. The van der Waals surface area contributed by atoms with E-state index < -0.39 is 0 Å². The van der Waals surface area contributed by atoms with Crippen LogP contribution in [0.4, 0.5) is 11.4 Å². The van der Waals surface area contributed by atoms with Crippen molar-refractivity contribution in [1.82, 2.24) is 0 Å². The summed E-state index contributed by atoms with van der Waals surface area (Å²) in [6.45, 7) is 9.83. The molecule has 0 saturated heterocycles. The summed E-state index contributed by atoms with van der Waals surface area (Å²) in [6, 6.07) is 20.7. The second-order valence-electron chi connectivity index (χ2n) is 8.72. The Kier molecular flexibility index (Phi) is 6.05. The number of hydrogen-bond acceptors (Lipinski definition) is 4. The van der Waals surface area contributed by atoms with Crippen molar-refractivity contribution in [3.8, 4) is 5.75 Å². The van der Waals surface area contributed by atoms with Gasteiger partial charge in [-0.3, -0.25) is 9.59 Å². The molecular weight excluding hydrogens is 412 g/mol. The number of nitrogens with one attached hydrogen (secondary N) is 1. The predicted molar refractivity (Wildman–Crippen MR) is 132 cm³/mol. The fourth-order valence-electron chi connectivity index (χ4n) is 3.98. The third-order valence-corrected chi connectivity index (χ3v) is 5.38. The minimum Gasteiger partial charge on any atom is -0.491 e. The molecule has 3 aromatic rings. The van der Waals surface area contributed by atoms with E-state index in [1.54, 1.807) is 0 Å². The third-order valence-electron chi connectivity index (χ3n) is 5.38. The zero-order chi connectivity index (χ0) is 23.7. The molecule has 0 atom stereocenters. The van der Waals surface area contributed by atoms with Crippen molar-refractivity contribution in [3.63, 3.8) is 0 Å². The number of imide groups is 1. The van der Waals surface area contributed by atoms with E-state index in [-0.39, 0.29) is 23.6 Å². The SMILES string of the molecule is Cc1ccc(C2=C(Nc3ccc(OC(C)C)cc3)C(=O)N(c3cc(C)cc(C)c3)C2=O)cc1. The quantitative estimate of drug-likeness (QED) is 0.493. The molecule has 1 aliphatic rings. The smallest absolute Gasteiger partial charge is 0.282 e. The Bertz CT molecular complexity index is 1220. The number of nitrogens with zero attached hydrogens (tertiary/aromatic N) is 1. The molecule has 0 aromatic heterocycles. The van der Waals surface area contributed by atoms with Crippen LogP contribution in [0, 0.1) is 20.8 Å². The number of amides is 2. The van der Waals surface area contributed by atoms with E-state index in [1.165, 1.54) is 4.90 Å². The molecule has 5 heteroatoms. The Morgan fingerprint density at radius 2 is 1.36 bits per heavy atom. The number of benzene rings is 3. The first kappa shape index (κ1) is 22.3. The number of rotatable bonds is 6. The molecule has 3 aromatic carbocycles. The number of carbonyl (C=O) groups excluding carboxylic acids is 2. The lowest BCUT2D eigenvalue weighted by atomic mass is 10.0. The number of aryl methyl sites for hydroxylation is 3. The van der Waals surface area contributed by atoms with E-state index in [1.807, 2.05) is 101 Å².